The summed E-state index contributed by atoms with van der Waals surface area (Å²) in [5.41, 5.74) is 0. The Labute approximate surface area is 67.6 Å². The zero-order valence-corrected chi connectivity index (χ0v) is 8.80. The first-order valence-electron chi connectivity index (χ1n) is 3.70. The molecule has 0 fully saturated rings. The molecule has 0 aromatic carbocycles. The van der Waals surface area contributed by atoms with Gasteiger partial charge in [0.2, 0.25) is 0 Å². The van der Waals surface area contributed by atoms with Gasteiger partial charge in [-0.1, -0.05) is 13.8 Å². The summed E-state index contributed by atoms with van der Waals surface area (Å²) in [5, 5.41) is 0. The molecule has 0 aliphatic rings. The normalized spacial score (nSPS) is 11.6. The van der Waals surface area contributed by atoms with Crippen LogP contribution in [0.1, 0.15) is 26.7 Å². The summed E-state index contributed by atoms with van der Waals surface area (Å²) in [6, 6.07) is 0. The molecule has 2 nitrogen and oxygen atoms in total. The lowest BCUT2D eigenvalue weighted by molar-refractivity contribution is 0.463. The summed E-state index contributed by atoms with van der Waals surface area (Å²) in [5.74, 6) is 0. The minimum absolute atomic E-state index is 1.09. The van der Waals surface area contributed by atoms with E-state index in [4.69, 9.17) is 0 Å². The van der Waals surface area contributed by atoms with E-state index >= 15 is 0 Å². The van der Waals surface area contributed by atoms with Gasteiger partial charge in [0.1, 0.15) is 0 Å². The van der Waals surface area contributed by atoms with Crippen molar-refractivity contribution in [1.82, 2.24) is 4.67 Å². The Hall–Kier alpha value is 0.490. The summed E-state index contributed by atoms with van der Waals surface area (Å²) in [4.78, 5) is 0. The summed E-state index contributed by atoms with van der Waals surface area (Å²) in [7, 11) is 3.49. The number of nitrogens with zero attached hydrogens (tertiary/aromatic N) is 2. The van der Waals surface area contributed by atoms with Crippen LogP contribution < -0.4 is 0 Å². The third-order valence-corrected chi connectivity index (χ3v) is 2.21. The van der Waals surface area contributed by atoms with Crippen molar-refractivity contribution in [2.75, 3.05) is 13.1 Å². The molecule has 0 N–H and O–H groups in total. The van der Waals surface area contributed by atoms with Crippen LogP contribution in [-0.4, -0.2) is 17.8 Å². The molecule has 0 aliphatic heterocycles. The smallest absolute Gasteiger partial charge is 0.0968 e. The summed E-state index contributed by atoms with van der Waals surface area (Å²) in [6.45, 7) is 6.71. The second kappa shape index (κ2) is 7.60. The van der Waals surface area contributed by atoms with Crippen molar-refractivity contribution in [3.8, 4) is 0 Å². The topological polar surface area (TPSA) is 15.6 Å². The largest absolute Gasteiger partial charge is 0.242 e. The van der Waals surface area contributed by atoms with Crippen molar-refractivity contribution in [3.63, 3.8) is 0 Å². The van der Waals surface area contributed by atoms with E-state index in [1.54, 1.807) is 0 Å². The van der Waals surface area contributed by atoms with Crippen LogP contribution in [-0.2, 0) is 0 Å². The highest BCUT2D eigenvalue weighted by molar-refractivity contribution is 7.33. The van der Waals surface area contributed by atoms with Crippen molar-refractivity contribution in [2.24, 2.45) is 4.52 Å². The minimum atomic E-state index is 1.09. The molecule has 1 unspecified atom stereocenters. The Morgan fingerprint density at radius 2 is 1.80 bits per heavy atom. The number of rotatable bonds is 5. The van der Waals surface area contributed by atoms with Crippen LogP contribution in [0.5, 0.6) is 0 Å². The van der Waals surface area contributed by atoms with Crippen LogP contribution in [0, 0.1) is 0 Å². The van der Waals surface area contributed by atoms with Gasteiger partial charge in [0.25, 0.3) is 0 Å². The predicted octanol–water partition coefficient (Wildman–Crippen LogP) is 2.94. The van der Waals surface area contributed by atoms with Gasteiger partial charge < -0.3 is 0 Å². The Balaban J connectivity index is 3.50. The maximum Gasteiger partial charge on any atom is 0.0968 e. The van der Waals surface area contributed by atoms with Crippen molar-refractivity contribution in [3.05, 3.63) is 0 Å². The molecule has 0 saturated carbocycles. The third-order valence-electron chi connectivity index (χ3n) is 1.14. The molecule has 0 aromatic heterocycles. The van der Waals surface area contributed by atoms with Gasteiger partial charge in [-0.25, -0.2) is 9.19 Å². The van der Waals surface area contributed by atoms with E-state index in [9.17, 15) is 0 Å². The van der Waals surface area contributed by atoms with Gasteiger partial charge in [-0.3, -0.25) is 0 Å². The first-order valence-corrected chi connectivity index (χ1v) is 5.02. The van der Waals surface area contributed by atoms with E-state index in [1.165, 1.54) is 12.8 Å². The van der Waals surface area contributed by atoms with Crippen molar-refractivity contribution >= 4 is 17.9 Å². The molecule has 0 spiro atoms. The van der Waals surface area contributed by atoms with Crippen LogP contribution in [0.4, 0.5) is 0 Å². The highest BCUT2D eigenvalue weighted by atomic mass is 31.1. The molecule has 1 atom stereocenters. The summed E-state index contributed by atoms with van der Waals surface area (Å²) < 4.78 is 6.31. The second-order valence-corrected chi connectivity index (χ2v) is 3.83. The van der Waals surface area contributed by atoms with Gasteiger partial charge in [-0.15, -0.1) is 0 Å². The quantitative estimate of drug-likeness (QED) is 0.591. The van der Waals surface area contributed by atoms with E-state index < -0.39 is 0 Å². The van der Waals surface area contributed by atoms with Gasteiger partial charge in [-0.05, 0) is 22.2 Å². The molecule has 0 bridgehead atoms. The lowest BCUT2D eigenvalue weighted by atomic mass is 10.4. The first kappa shape index (κ1) is 10.5. The average Bonchev–Trinajstić information content (AvgIpc) is 1.90. The Morgan fingerprint density at radius 1 is 1.30 bits per heavy atom. The first-order chi connectivity index (χ1) is 4.85. The van der Waals surface area contributed by atoms with Gasteiger partial charge in [0.05, 0.1) is 8.52 Å². The molecule has 0 radical (unpaired) electrons. The van der Waals surface area contributed by atoms with Gasteiger partial charge >= 0.3 is 0 Å². The van der Waals surface area contributed by atoms with Crippen molar-refractivity contribution in [1.29, 1.82) is 0 Å². The SMILES string of the molecule is CCCN(CCC)P=NP. The van der Waals surface area contributed by atoms with Crippen LogP contribution in [0.2, 0.25) is 0 Å². The molecule has 0 rings (SSSR count). The lowest BCUT2D eigenvalue weighted by Crippen LogP contribution is -2.13. The highest BCUT2D eigenvalue weighted by Crippen LogP contribution is 2.12. The molecule has 0 amide bonds. The van der Waals surface area contributed by atoms with E-state index in [1.807, 2.05) is 0 Å². The fourth-order valence-corrected chi connectivity index (χ4v) is 1.95. The molecule has 10 heavy (non-hydrogen) atoms. The highest BCUT2D eigenvalue weighted by Gasteiger charge is 1.96. The standard InChI is InChI=1S/C6H16N2P2/c1-3-5-8(6-4-2)10-7-9/h3-6,9H2,1-2H3. The third kappa shape index (κ3) is 5.29. The molecule has 0 aromatic rings. The second-order valence-electron chi connectivity index (χ2n) is 2.16. The average molecular weight is 178 g/mol. The zero-order chi connectivity index (χ0) is 7.82. The van der Waals surface area contributed by atoms with Gasteiger partial charge in [-0.2, -0.15) is 0 Å². The van der Waals surface area contributed by atoms with E-state index in [2.05, 4.69) is 32.4 Å². The predicted molar refractivity (Wildman–Crippen MR) is 51.2 cm³/mol. The Bertz CT molecular complexity index is 89.7. The maximum atomic E-state index is 3.99. The molecule has 0 heterocycles. The Kier molecular flexibility index (Phi) is 7.97. The fraction of sp³-hybridized carbons (Fsp3) is 1.00. The fourth-order valence-electron chi connectivity index (χ4n) is 0.791. The van der Waals surface area contributed by atoms with E-state index in [0.29, 0.717) is 0 Å². The zero-order valence-electron chi connectivity index (χ0n) is 6.75. The summed E-state index contributed by atoms with van der Waals surface area (Å²) >= 11 is 0. The monoisotopic (exact) mass is 178 g/mol. The van der Waals surface area contributed by atoms with Gasteiger partial charge in [0.15, 0.2) is 0 Å². The van der Waals surface area contributed by atoms with Crippen molar-refractivity contribution in [2.45, 2.75) is 26.7 Å². The van der Waals surface area contributed by atoms with E-state index in [-0.39, 0.29) is 0 Å². The Morgan fingerprint density at radius 3 is 2.10 bits per heavy atom. The van der Waals surface area contributed by atoms with Gasteiger partial charge in [0, 0.05) is 13.1 Å². The molecule has 0 saturated heterocycles. The van der Waals surface area contributed by atoms with Crippen LogP contribution in [0.3, 0.4) is 0 Å². The lowest BCUT2D eigenvalue weighted by Gasteiger charge is -2.12. The minimum Gasteiger partial charge on any atom is -0.242 e. The van der Waals surface area contributed by atoms with Crippen LogP contribution >= 0.6 is 17.9 Å². The maximum absolute atomic E-state index is 3.99. The molecule has 60 valence electrons. The molecular weight excluding hydrogens is 162 g/mol. The van der Waals surface area contributed by atoms with Crippen LogP contribution in [0.15, 0.2) is 4.52 Å². The van der Waals surface area contributed by atoms with Crippen LogP contribution in [0.25, 0.3) is 0 Å². The summed E-state index contributed by atoms with van der Waals surface area (Å²) in [6.07, 6.45) is 2.43. The number of hydrogen-bond donors (Lipinski definition) is 0. The molecule has 4 heteroatoms. The van der Waals surface area contributed by atoms with Crippen molar-refractivity contribution < 1.29 is 0 Å². The number of hydrogen-bond acceptors (Lipinski definition) is 1. The van der Waals surface area contributed by atoms with E-state index in [0.717, 1.165) is 21.6 Å². The molecule has 0 aliphatic carbocycles. The molecular formula is C6H16N2P2.